The standard InChI is InChI=1S/C19H30N2O3.ClH/c1-3-11-23-17-6-5-16(13-18(17)24-12-4-2)19(22)21-10-8-15-7-9-20-14-15;/h5-6,13,15,20H,3-4,7-12,14H2,1-2H3,(H,21,22);1H. The maximum Gasteiger partial charge on any atom is 0.251 e. The van der Waals surface area contributed by atoms with Crippen molar-refractivity contribution in [1.82, 2.24) is 10.6 Å². The molecule has 0 radical (unpaired) electrons. The number of rotatable bonds is 10. The van der Waals surface area contributed by atoms with Crippen molar-refractivity contribution in [2.45, 2.75) is 39.5 Å². The molecule has 1 aliphatic heterocycles. The summed E-state index contributed by atoms with van der Waals surface area (Å²) >= 11 is 0. The van der Waals surface area contributed by atoms with Crippen LogP contribution in [0.5, 0.6) is 11.5 Å². The summed E-state index contributed by atoms with van der Waals surface area (Å²) in [5, 5.41) is 6.36. The van der Waals surface area contributed by atoms with Crippen LogP contribution in [0.2, 0.25) is 0 Å². The van der Waals surface area contributed by atoms with Gasteiger partial charge in [0.25, 0.3) is 5.91 Å². The fourth-order valence-electron chi connectivity index (χ4n) is 2.76. The molecule has 1 aliphatic rings. The summed E-state index contributed by atoms with van der Waals surface area (Å²) in [6.45, 7) is 8.25. The number of nitrogens with one attached hydrogen (secondary N) is 2. The van der Waals surface area contributed by atoms with Gasteiger partial charge < -0.3 is 20.1 Å². The Bertz CT molecular complexity index is 519. The summed E-state index contributed by atoms with van der Waals surface area (Å²) in [7, 11) is 0. The van der Waals surface area contributed by atoms with Crippen LogP contribution < -0.4 is 20.1 Å². The minimum Gasteiger partial charge on any atom is -0.490 e. The fraction of sp³-hybridized carbons (Fsp3) is 0.632. The molecule has 1 aromatic carbocycles. The molecule has 142 valence electrons. The van der Waals surface area contributed by atoms with Crippen molar-refractivity contribution in [1.29, 1.82) is 0 Å². The molecule has 0 saturated carbocycles. The molecule has 1 saturated heterocycles. The molecule has 6 heteroatoms. The second kappa shape index (κ2) is 12.0. The van der Waals surface area contributed by atoms with Crippen molar-refractivity contribution in [3.63, 3.8) is 0 Å². The Morgan fingerprint density at radius 1 is 1.20 bits per heavy atom. The Balaban J connectivity index is 0.00000312. The predicted molar refractivity (Wildman–Crippen MR) is 103 cm³/mol. The van der Waals surface area contributed by atoms with Crippen LogP contribution in [0.4, 0.5) is 0 Å². The number of amides is 1. The molecular formula is C19H31ClN2O3. The second-order valence-corrected chi connectivity index (χ2v) is 6.26. The largest absolute Gasteiger partial charge is 0.490 e. The zero-order valence-electron chi connectivity index (χ0n) is 15.3. The first-order valence-electron chi connectivity index (χ1n) is 9.13. The van der Waals surface area contributed by atoms with Crippen molar-refractivity contribution in [3.8, 4) is 11.5 Å². The predicted octanol–water partition coefficient (Wildman–Crippen LogP) is 3.42. The zero-order valence-corrected chi connectivity index (χ0v) is 16.1. The van der Waals surface area contributed by atoms with Gasteiger partial charge in [0.05, 0.1) is 13.2 Å². The third-order valence-corrected chi connectivity index (χ3v) is 4.13. The molecule has 0 aromatic heterocycles. The summed E-state index contributed by atoms with van der Waals surface area (Å²) in [5.74, 6) is 1.99. The number of ether oxygens (including phenoxy) is 2. The topological polar surface area (TPSA) is 59.6 Å². The summed E-state index contributed by atoms with van der Waals surface area (Å²) in [6.07, 6.45) is 4.08. The quantitative estimate of drug-likeness (QED) is 0.662. The van der Waals surface area contributed by atoms with Gasteiger partial charge in [-0.2, -0.15) is 0 Å². The minimum absolute atomic E-state index is 0. The normalized spacial score (nSPS) is 16.2. The van der Waals surface area contributed by atoms with Gasteiger partial charge in [-0.05, 0) is 62.9 Å². The van der Waals surface area contributed by atoms with Crippen LogP contribution in [0.1, 0.15) is 49.9 Å². The Morgan fingerprint density at radius 2 is 1.92 bits per heavy atom. The van der Waals surface area contributed by atoms with E-state index >= 15 is 0 Å². The van der Waals surface area contributed by atoms with E-state index in [4.69, 9.17) is 9.47 Å². The molecule has 1 amide bonds. The number of hydrogen-bond acceptors (Lipinski definition) is 4. The summed E-state index contributed by atoms with van der Waals surface area (Å²) < 4.78 is 11.4. The van der Waals surface area contributed by atoms with Crippen LogP contribution in [-0.2, 0) is 0 Å². The van der Waals surface area contributed by atoms with Crippen LogP contribution in [0.3, 0.4) is 0 Å². The van der Waals surface area contributed by atoms with E-state index in [1.165, 1.54) is 6.42 Å². The number of halogens is 1. The molecule has 1 heterocycles. The lowest BCUT2D eigenvalue weighted by Gasteiger charge is -2.14. The van der Waals surface area contributed by atoms with Crippen molar-refractivity contribution in [3.05, 3.63) is 23.8 Å². The third kappa shape index (κ3) is 7.12. The van der Waals surface area contributed by atoms with Gasteiger partial charge in [0, 0.05) is 12.1 Å². The van der Waals surface area contributed by atoms with Gasteiger partial charge in [0.15, 0.2) is 11.5 Å². The van der Waals surface area contributed by atoms with E-state index in [2.05, 4.69) is 24.5 Å². The average Bonchev–Trinajstić information content (AvgIpc) is 3.11. The van der Waals surface area contributed by atoms with Gasteiger partial charge in [0.1, 0.15) is 0 Å². The number of carbonyl (C=O) groups is 1. The van der Waals surface area contributed by atoms with Gasteiger partial charge in [0.2, 0.25) is 0 Å². The molecule has 1 unspecified atom stereocenters. The first-order chi connectivity index (χ1) is 11.7. The van der Waals surface area contributed by atoms with Crippen molar-refractivity contribution >= 4 is 18.3 Å². The molecule has 1 atom stereocenters. The van der Waals surface area contributed by atoms with Gasteiger partial charge >= 0.3 is 0 Å². The van der Waals surface area contributed by atoms with Crippen LogP contribution >= 0.6 is 12.4 Å². The molecule has 2 rings (SSSR count). The van der Waals surface area contributed by atoms with Gasteiger partial charge in [-0.15, -0.1) is 12.4 Å². The van der Waals surface area contributed by atoms with E-state index in [1.54, 1.807) is 12.1 Å². The monoisotopic (exact) mass is 370 g/mol. The van der Waals surface area contributed by atoms with Crippen LogP contribution in [0, 0.1) is 5.92 Å². The molecule has 5 nitrogen and oxygen atoms in total. The molecule has 1 aromatic rings. The number of hydrogen-bond donors (Lipinski definition) is 2. The Morgan fingerprint density at radius 3 is 2.56 bits per heavy atom. The van der Waals surface area contributed by atoms with E-state index in [1.807, 2.05) is 6.07 Å². The number of carbonyl (C=O) groups excluding carboxylic acids is 1. The minimum atomic E-state index is -0.0515. The van der Waals surface area contributed by atoms with Crippen molar-refractivity contribution < 1.29 is 14.3 Å². The second-order valence-electron chi connectivity index (χ2n) is 6.26. The Labute approximate surface area is 157 Å². The average molecular weight is 371 g/mol. The highest BCUT2D eigenvalue weighted by Crippen LogP contribution is 2.29. The molecule has 25 heavy (non-hydrogen) atoms. The first kappa shape index (κ1) is 21.6. The summed E-state index contributed by atoms with van der Waals surface area (Å²) in [4.78, 5) is 12.3. The van der Waals surface area contributed by atoms with Gasteiger partial charge in [-0.25, -0.2) is 0 Å². The maximum absolute atomic E-state index is 12.3. The van der Waals surface area contributed by atoms with Crippen LogP contribution in [0.25, 0.3) is 0 Å². The highest BCUT2D eigenvalue weighted by molar-refractivity contribution is 5.94. The molecule has 1 fully saturated rings. The Kier molecular flexibility index (Phi) is 10.3. The fourth-order valence-corrected chi connectivity index (χ4v) is 2.76. The van der Waals surface area contributed by atoms with Crippen LogP contribution in [0.15, 0.2) is 18.2 Å². The van der Waals surface area contributed by atoms with E-state index < -0.39 is 0 Å². The van der Waals surface area contributed by atoms with Gasteiger partial charge in [-0.1, -0.05) is 13.8 Å². The van der Waals surface area contributed by atoms with Crippen molar-refractivity contribution in [2.75, 3.05) is 32.8 Å². The zero-order chi connectivity index (χ0) is 17.2. The third-order valence-electron chi connectivity index (χ3n) is 4.13. The van der Waals surface area contributed by atoms with E-state index in [0.717, 1.165) is 32.4 Å². The van der Waals surface area contributed by atoms with Crippen LogP contribution in [-0.4, -0.2) is 38.8 Å². The Hall–Kier alpha value is -1.46. The molecular weight excluding hydrogens is 340 g/mol. The van der Waals surface area contributed by atoms with E-state index in [0.29, 0.717) is 42.7 Å². The lowest BCUT2D eigenvalue weighted by Crippen LogP contribution is -2.26. The lowest BCUT2D eigenvalue weighted by atomic mass is 10.1. The van der Waals surface area contributed by atoms with Crippen molar-refractivity contribution in [2.24, 2.45) is 5.92 Å². The number of benzene rings is 1. The molecule has 0 spiro atoms. The van der Waals surface area contributed by atoms with Gasteiger partial charge in [-0.3, -0.25) is 4.79 Å². The van der Waals surface area contributed by atoms with E-state index in [9.17, 15) is 4.79 Å². The molecule has 0 bridgehead atoms. The highest BCUT2D eigenvalue weighted by Gasteiger charge is 2.15. The molecule has 2 N–H and O–H groups in total. The molecule has 0 aliphatic carbocycles. The summed E-state index contributed by atoms with van der Waals surface area (Å²) in [5.41, 5.74) is 0.620. The lowest BCUT2D eigenvalue weighted by molar-refractivity contribution is 0.0951. The smallest absolute Gasteiger partial charge is 0.251 e. The van der Waals surface area contributed by atoms with E-state index in [-0.39, 0.29) is 18.3 Å². The highest BCUT2D eigenvalue weighted by atomic mass is 35.5. The maximum atomic E-state index is 12.3. The SMILES string of the molecule is CCCOc1ccc(C(=O)NCCC2CCNC2)cc1OCCC.Cl. The first-order valence-corrected chi connectivity index (χ1v) is 9.13. The summed E-state index contributed by atoms with van der Waals surface area (Å²) in [6, 6.07) is 5.42.